The van der Waals surface area contributed by atoms with E-state index in [1.54, 1.807) is 0 Å². The molecule has 3 aromatic rings. The van der Waals surface area contributed by atoms with E-state index < -0.39 is 0 Å². The Morgan fingerprint density at radius 2 is 1.87 bits per heavy atom. The van der Waals surface area contributed by atoms with E-state index in [-0.39, 0.29) is 12.4 Å². The summed E-state index contributed by atoms with van der Waals surface area (Å²) in [6, 6.07) is 12.3. The minimum atomic E-state index is 0. The molecule has 0 aliphatic carbocycles. The summed E-state index contributed by atoms with van der Waals surface area (Å²) in [7, 11) is 0. The van der Waals surface area contributed by atoms with Crippen LogP contribution >= 0.6 is 12.4 Å². The number of nitrogens with zero attached hydrogens (tertiary/aromatic N) is 2. The van der Waals surface area contributed by atoms with Crippen molar-refractivity contribution in [2.45, 2.75) is 20.4 Å². The number of aryl methyl sites for hydroxylation is 1. The molecule has 0 N–H and O–H groups in total. The Morgan fingerprint density at radius 3 is 2.57 bits per heavy atom. The highest BCUT2D eigenvalue weighted by Gasteiger charge is 2.13. The van der Waals surface area contributed by atoms with Crippen LogP contribution in [0.5, 0.6) is 0 Å². The first-order valence-electron chi connectivity index (χ1n) is 7.33. The van der Waals surface area contributed by atoms with Gasteiger partial charge < -0.3 is 4.57 Å². The Balaban J connectivity index is 0.00000192. The van der Waals surface area contributed by atoms with Crippen molar-refractivity contribution in [1.82, 2.24) is 9.55 Å². The molecular formula is C20H19ClN2. The highest BCUT2D eigenvalue weighted by molar-refractivity contribution is 5.92. The van der Waals surface area contributed by atoms with Gasteiger partial charge in [-0.25, -0.2) is 0 Å². The lowest BCUT2D eigenvalue weighted by Gasteiger charge is -2.05. The van der Waals surface area contributed by atoms with Gasteiger partial charge in [0.15, 0.2) is 0 Å². The minimum absolute atomic E-state index is 0. The minimum Gasteiger partial charge on any atom is -0.331 e. The maximum absolute atomic E-state index is 5.54. The maximum atomic E-state index is 5.54. The van der Waals surface area contributed by atoms with Crippen LogP contribution < -0.4 is 0 Å². The van der Waals surface area contributed by atoms with E-state index in [9.17, 15) is 0 Å². The molecule has 1 aromatic carbocycles. The zero-order valence-corrected chi connectivity index (χ0v) is 14.1. The van der Waals surface area contributed by atoms with Crippen LogP contribution in [0.2, 0.25) is 0 Å². The van der Waals surface area contributed by atoms with Crippen LogP contribution in [-0.2, 0) is 6.54 Å². The third-order valence-electron chi connectivity index (χ3n) is 4.06. The molecule has 23 heavy (non-hydrogen) atoms. The lowest BCUT2D eigenvalue weighted by Crippen LogP contribution is -2.00. The van der Waals surface area contributed by atoms with Crippen molar-refractivity contribution >= 4 is 35.5 Å². The van der Waals surface area contributed by atoms with Crippen LogP contribution in [0.15, 0.2) is 42.6 Å². The predicted molar refractivity (Wildman–Crippen MR) is 101 cm³/mol. The van der Waals surface area contributed by atoms with Gasteiger partial charge in [-0.2, -0.15) is 0 Å². The van der Waals surface area contributed by atoms with Gasteiger partial charge >= 0.3 is 0 Å². The van der Waals surface area contributed by atoms with Crippen molar-refractivity contribution in [1.29, 1.82) is 0 Å². The zero-order valence-electron chi connectivity index (χ0n) is 13.3. The second-order valence-corrected chi connectivity index (χ2v) is 5.34. The molecule has 0 bridgehead atoms. The predicted octanol–water partition coefficient (Wildman–Crippen LogP) is 4.88. The smallest absolute Gasteiger partial charge is 0.0873 e. The first-order valence-corrected chi connectivity index (χ1v) is 7.33. The number of terminal acetylenes is 1. The Labute approximate surface area is 143 Å². The Bertz CT molecular complexity index is 883. The number of hydrogen-bond acceptors (Lipinski definition) is 1. The Kier molecular flexibility index (Phi) is 5.26. The van der Waals surface area contributed by atoms with Crippen molar-refractivity contribution < 1.29 is 0 Å². The monoisotopic (exact) mass is 322 g/mol. The number of fused-ring (bicyclic) bond motifs is 1. The van der Waals surface area contributed by atoms with Gasteiger partial charge in [0.1, 0.15) is 0 Å². The first-order chi connectivity index (χ1) is 10.7. The highest BCUT2D eigenvalue weighted by atomic mass is 35.5. The largest absolute Gasteiger partial charge is 0.331 e. The van der Waals surface area contributed by atoms with Gasteiger partial charge in [0.05, 0.1) is 17.8 Å². The Hall–Kier alpha value is -2.50. The highest BCUT2D eigenvalue weighted by Crippen LogP contribution is 2.27. The first kappa shape index (κ1) is 16.9. The van der Waals surface area contributed by atoms with E-state index in [1.807, 2.05) is 24.4 Å². The van der Waals surface area contributed by atoms with E-state index in [4.69, 9.17) is 6.42 Å². The van der Waals surface area contributed by atoms with Gasteiger partial charge in [-0.05, 0) is 37.1 Å². The van der Waals surface area contributed by atoms with Gasteiger partial charge in [0.25, 0.3) is 0 Å². The molecule has 0 aliphatic heterocycles. The van der Waals surface area contributed by atoms with Crippen LogP contribution in [0.4, 0.5) is 0 Å². The van der Waals surface area contributed by atoms with Crippen molar-refractivity contribution in [2.24, 2.45) is 0 Å². The van der Waals surface area contributed by atoms with Crippen molar-refractivity contribution in [3.05, 3.63) is 65.1 Å². The zero-order chi connectivity index (χ0) is 15.5. The third kappa shape index (κ3) is 3.16. The van der Waals surface area contributed by atoms with Gasteiger partial charge in [0, 0.05) is 17.3 Å². The van der Waals surface area contributed by atoms with E-state index >= 15 is 0 Å². The van der Waals surface area contributed by atoms with E-state index in [1.165, 1.54) is 16.6 Å². The molecule has 0 saturated carbocycles. The number of pyridine rings is 1. The quantitative estimate of drug-likeness (QED) is 0.628. The average Bonchev–Trinajstić information content (AvgIpc) is 2.80. The molecule has 0 aliphatic rings. The summed E-state index contributed by atoms with van der Waals surface area (Å²) in [4.78, 5) is 4.54. The fourth-order valence-corrected chi connectivity index (χ4v) is 2.77. The molecule has 0 atom stereocenters. The molecule has 2 aromatic heterocycles. The summed E-state index contributed by atoms with van der Waals surface area (Å²) in [6.45, 7) is 4.81. The van der Waals surface area contributed by atoms with Crippen LogP contribution in [0, 0.1) is 26.2 Å². The molecule has 0 unspecified atom stereocenters. The molecule has 0 amide bonds. The molecule has 0 fully saturated rings. The number of aromatic nitrogens is 2. The second-order valence-electron chi connectivity index (χ2n) is 5.34. The lowest BCUT2D eigenvalue weighted by atomic mass is 10.1. The van der Waals surface area contributed by atoms with E-state index in [2.05, 4.69) is 59.7 Å². The molecule has 0 radical (unpaired) electrons. The molecule has 3 heteroatoms. The molecule has 0 saturated heterocycles. The molecule has 116 valence electrons. The van der Waals surface area contributed by atoms with E-state index in [0.717, 1.165) is 16.8 Å². The molecule has 2 nitrogen and oxygen atoms in total. The van der Waals surface area contributed by atoms with Crippen LogP contribution in [0.25, 0.3) is 23.1 Å². The maximum Gasteiger partial charge on any atom is 0.0873 e. The molecule has 0 spiro atoms. The van der Waals surface area contributed by atoms with Crippen LogP contribution in [0.1, 0.15) is 22.5 Å². The number of halogens is 1. The van der Waals surface area contributed by atoms with Gasteiger partial charge in [-0.3, -0.25) is 4.98 Å². The summed E-state index contributed by atoms with van der Waals surface area (Å²) in [5.74, 6) is 2.74. The van der Waals surface area contributed by atoms with Gasteiger partial charge in [-0.15, -0.1) is 18.8 Å². The number of hydrogen-bond donors (Lipinski definition) is 0. The number of rotatable bonds is 3. The van der Waals surface area contributed by atoms with Crippen LogP contribution in [0.3, 0.4) is 0 Å². The fraction of sp³-hybridized carbons (Fsp3) is 0.150. The molecule has 3 rings (SSSR count). The third-order valence-corrected chi connectivity index (χ3v) is 4.06. The summed E-state index contributed by atoms with van der Waals surface area (Å²) in [5.41, 5.74) is 5.69. The van der Waals surface area contributed by atoms with Crippen molar-refractivity contribution in [3.63, 3.8) is 0 Å². The van der Waals surface area contributed by atoms with Crippen LogP contribution in [-0.4, -0.2) is 9.55 Å². The van der Waals surface area contributed by atoms with E-state index in [0.29, 0.717) is 6.54 Å². The lowest BCUT2D eigenvalue weighted by molar-refractivity contribution is 0.839. The second kappa shape index (κ2) is 7.17. The molecule has 2 heterocycles. The summed E-state index contributed by atoms with van der Waals surface area (Å²) < 4.78 is 2.17. The number of benzene rings is 1. The molecular weight excluding hydrogens is 304 g/mol. The standard InChI is InChI=1S/C20H18N2.ClH/c1-4-14-22-16(3)15(2)18-12-13-21-19(20(18)22)11-10-17-8-6-5-7-9-17;/h1,5-13H,14H2,2-3H3;1H. The topological polar surface area (TPSA) is 17.8 Å². The fourth-order valence-electron chi connectivity index (χ4n) is 2.77. The average molecular weight is 323 g/mol. The van der Waals surface area contributed by atoms with Gasteiger partial charge in [-0.1, -0.05) is 42.3 Å². The normalized spacial score (nSPS) is 10.7. The van der Waals surface area contributed by atoms with Crippen molar-refractivity contribution in [2.75, 3.05) is 0 Å². The van der Waals surface area contributed by atoms with Crippen molar-refractivity contribution in [3.8, 4) is 12.3 Å². The summed E-state index contributed by atoms with van der Waals surface area (Å²) >= 11 is 0. The Morgan fingerprint density at radius 1 is 1.13 bits per heavy atom. The SMILES string of the molecule is C#CCn1c(C)c(C)c2ccnc(C=Cc3ccccc3)c21.Cl. The van der Waals surface area contributed by atoms with Gasteiger partial charge in [0.2, 0.25) is 0 Å². The summed E-state index contributed by atoms with van der Waals surface area (Å²) in [5, 5.41) is 1.22. The summed E-state index contributed by atoms with van der Waals surface area (Å²) in [6.07, 6.45) is 11.5.